The van der Waals surface area contributed by atoms with Gasteiger partial charge in [-0.1, -0.05) is 18.9 Å². The highest BCUT2D eigenvalue weighted by atomic mass is 79.9. The van der Waals surface area contributed by atoms with Crippen molar-refractivity contribution < 1.29 is 8.42 Å². The molecule has 0 radical (unpaired) electrons. The Hall–Kier alpha value is -0.390. The minimum absolute atomic E-state index is 0.00398. The van der Waals surface area contributed by atoms with Crippen molar-refractivity contribution in [1.29, 1.82) is 0 Å². The van der Waals surface area contributed by atoms with Crippen molar-refractivity contribution >= 4 is 26.0 Å². The van der Waals surface area contributed by atoms with E-state index in [4.69, 9.17) is 0 Å². The van der Waals surface area contributed by atoms with Crippen molar-refractivity contribution in [2.75, 3.05) is 0 Å². The van der Waals surface area contributed by atoms with E-state index in [1.807, 2.05) is 26.0 Å². The SMILES string of the molecule is Cc1ccc(S(=O)(=O)NC(C)CC2CC2)c(Br)c1. The summed E-state index contributed by atoms with van der Waals surface area (Å²) in [5, 5.41) is 0. The van der Waals surface area contributed by atoms with E-state index in [1.165, 1.54) is 12.8 Å². The summed E-state index contributed by atoms with van der Waals surface area (Å²) in [5.74, 6) is 0.712. The molecule has 1 atom stereocenters. The van der Waals surface area contributed by atoms with Gasteiger partial charge in [-0.2, -0.15) is 0 Å². The van der Waals surface area contributed by atoms with Crippen LogP contribution in [0.15, 0.2) is 27.6 Å². The third-order valence-corrected chi connectivity index (χ3v) is 5.68. The maximum Gasteiger partial charge on any atom is 0.241 e. The second kappa shape index (κ2) is 5.31. The molecule has 1 aromatic carbocycles. The van der Waals surface area contributed by atoms with Gasteiger partial charge in [0.25, 0.3) is 0 Å². The number of nitrogens with one attached hydrogen (secondary N) is 1. The summed E-state index contributed by atoms with van der Waals surface area (Å²) in [5.41, 5.74) is 1.03. The molecule has 1 aliphatic rings. The van der Waals surface area contributed by atoms with E-state index in [9.17, 15) is 8.42 Å². The molecule has 18 heavy (non-hydrogen) atoms. The second-order valence-electron chi connectivity index (χ2n) is 5.14. The number of rotatable bonds is 5. The van der Waals surface area contributed by atoms with Crippen molar-refractivity contribution in [3.05, 3.63) is 28.2 Å². The lowest BCUT2D eigenvalue weighted by Gasteiger charge is -2.14. The molecule has 0 amide bonds. The lowest BCUT2D eigenvalue weighted by atomic mass is 10.2. The van der Waals surface area contributed by atoms with Crippen LogP contribution in [0.3, 0.4) is 0 Å². The minimum Gasteiger partial charge on any atom is -0.208 e. The van der Waals surface area contributed by atoms with Gasteiger partial charge in [0.15, 0.2) is 0 Å². The standard InChI is InChI=1S/C13H18BrNO2S/c1-9-3-6-13(12(14)7-9)18(16,17)15-10(2)8-11-4-5-11/h3,6-7,10-11,15H,4-5,8H2,1-2H3. The van der Waals surface area contributed by atoms with E-state index in [2.05, 4.69) is 20.7 Å². The van der Waals surface area contributed by atoms with Crippen molar-refractivity contribution in [2.45, 2.75) is 44.0 Å². The first kappa shape index (κ1) is 14.0. The molecule has 100 valence electrons. The molecule has 0 aliphatic heterocycles. The Labute approximate surface area is 117 Å². The van der Waals surface area contributed by atoms with Crippen LogP contribution in [0.4, 0.5) is 0 Å². The van der Waals surface area contributed by atoms with Crippen LogP contribution in [0.1, 0.15) is 31.7 Å². The number of hydrogen-bond acceptors (Lipinski definition) is 2. The molecule has 1 unspecified atom stereocenters. The zero-order chi connectivity index (χ0) is 13.3. The molecular formula is C13H18BrNO2S. The Kier molecular flexibility index (Phi) is 4.14. The Bertz CT molecular complexity index is 538. The summed E-state index contributed by atoms with van der Waals surface area (Å²) in [4.78, 5) is 0.316. The molecule has 1 aliphatic carbocycles. The smallest absolute Gasteiger partial charge is 0.208 e. The van der Waals surface area contributed by atoms with Gasteiger partial charge in [0.1, 0.15) is 0 Å². The van der Waals surface area contributed by atoms with E-state index in [0.717, 1.165) is 12.0 Å². The maximum absolute atomic E-state index is 12.2. The largest absolute Gasteiger partial charge is 0.241 e. The molecule has 0 spiro atoms. The summed E-state index contributed by atoms with van der Waals surface area (Å²) in [6, 6.07) is 5.27. The van der Waals surface area contributed by atoms with Gasteiger partial charge in [-0.3, -0.25) is 0 Å². The first-order valence-electron chi connectivity index (χ1n) is 6.17. The highest BCUT2D eigenvalue weighted by molar-refractivity contribution is 9.10. The van der Waals surface area contributed by atoms with Crippen molar-refractivity contribution in [3.63, 3.8) is 0 Å². The van der Waals surface area contributed by atoms with Gasteiger partial charge in [-0.05, 0) is 59.8 Å². The lowest BCUT2D eigenvalue weighted by molar-refractivity contribution is 0.529. The summed E-state index contributed by atoms with van der Waals surface area (Å²) in [6.45, 7) is 3.86. The van der Waals surface area contributed by atoms with Crippen LogP contribution in [-0.4, -0.2) is 14.5 Å². The Morgan fingerprint density at radius 2 is 2.11 bits per heavy atom. The zero-order valence-electron chi connectivity index (χ0n) is 10.6. The van der Waals surface area contributed by atoms with E-state index >= 15 is 0 Å². The average molecular weight is 332 g/mol. The van der Waals surface area contributed by atoms with Crippen LogP contribution in [0.25, 0.3) is 0 Å². The molecule has 1 fully saturated rings. The van der Waals surface area contributed by atoms with Gasteiger partial charge in [-0.25, -0.2) is 13.1 Å². The van der Waals surface area contributed by atoms with Crippen LogP contribution >= 0.6 is 15.9 Å². The molecule has 0 bridgehead atoms. The van der Waals surface area contributed by atoms with Gasteiger partial charge in [0, 0.05) is 10.5 Å². The van der Waals surface area contributed by atoms with Crippen molar-refractivity contribution in [3.8, 4) is 0 Å². The number of hydrogen-bond donors (Lipinski definition) is 1. The Morgan fingerprint density at radius 1 is 1.44 bits per heavy atom. The monoisotopic (exact) mass is 331 g/mol. The fourth-order valence-electron chi connectivity index (χ4n) is 2.05. The van der Waals surface area contributed by atoms with Gasteiger partial charge >= 0.3 is 0 Å². The zero-order valence-corrected chi connectivity index (χ0v) is 13.0. The van der Waals surface area contributed by atoms with Gasteiger partial charge < -0.3 is 0 Å². The Balaban J connectivity index is 2.13. The van der Waals surface area contributed by atoms with Crippen molar-refractivity contribution in [1.82, 2.24) is 4.72 Å². The van der Waals surface area contributed by atoms with Gasteiger partial charge in [0.2, 0.25) is 10.0 Å². The van der Waals surface area contributed by atoms with Gasteiger partial charge in [-0.15, -0.1) is 0 Å². The molecule has 0 saturated heterocycles. The number of halogens is 1. The van der Waals surface area contributed by atoms with Crippen LogP contribution in [0.5, 0.6) is 0 Å². The first-order valence-corrected chi connectivity index (χ1v) is 8.44. The molecule has 1 aromatic rings. The number of benzene rings is 1. The summed E-state index contributed by atoms with van der Waals surface area (Å²) >= 11 is 3.32. The molecule has 3 nitrogen and oxygen atoms in total. The Morgan fingerprint density at radius 3 is 2.67 bits per heavy atom. The average Bonchev–Trinajstić information content (AvgIpc) is 2.99. The van der Waals surface area contributed by atoms with Crippen LogP contribution in [0.2, 0.25) is 0 Å². The van der Waals surface area contributed by atoms with Gasteiger partial charge in [0.05, 0.1) is 4.90 Å². The van der Waals surface area contributed by atoms with E-state index < -0.39 is 10.0 Å². The normalized spacial score (nSPS) is 17.7. The lowest BCUT2D eigenvalue weighted by Crippen LogP contribution is -2.33. The highest BCUT2D eigenvalue weighted by Crippen LogP contribution is 2.33. The predicted octanol–water partition coefficient (Wildman–Crippen LogP) is 3.22. The van der Waals surface area contributed by atoms with Crippen LogP contribution in [0, 0.1) is 12.8 Å². The van der Waals surface area contributed by atoms with E-state index in [0.29, 0.717) is 15.3 Å². The molecule has 1 N–H and O–H groups in total. The van der Waals surface area contributed by atoms with E-state index in [-0.39, 0.29) is 6.04 Å². The fraction of sp³-hybridized carbons (Fsp3) is 0.538. The molecule has 1 saturated carbocycles. The second-order valence-corrected chi connectivity index (χ2v) is 7.67. The summed E-state index contributed by atoms with van der Waals surface area (Å²) < 4.78 is 27.8. The maximum atomic E-state index is 12.2. The first-order chi connectivity index (χ1) is 8.38. The van der Waals surface area contributed by atoms with Crippen LogP contribution in [-0.2, 0) is 10.0 Å². The van der Waals surface area contributed by atoms with Crippen molar-refractivity contribution in [2.24, 2.45) is 5.92 Å². The summed E-state index contributed by atoms with van der Waals surface area (Å²) in [7, 11) is -3.42. The molecule has 5 heteroatoms. The van der Waals surface area contributed by atoms with Crippen LogP contribution < -0.4 is 4.72 Å². The number of aryl methyl sites for hydroxylation is 1. The van der Waals surface area contributed by atoms with E-state index in [1.54, 1.807) is 6.07 Å². The fourth-order valence-corrected chi connectivity index (χ4v) is 4.50. The molecule has 0 heterocycles. The predicted molar refractivity (Wildman–Crippen MR) is 76.0 cm³/mol. The quantitative estimate of drug-likeness (QED) is 0.900. The molecule has 0 aromatic heterocycles. The topological polar surface area (TPSA) is 46.2 Å². The minimum atomic E-state index is -3.42. The highest BCUT2D eigenvalue weighted by Gasteiger charge is 2.26. The number of sulfonamides is 1. The summed E-state index contributed by atoms with van der Waals surface area (Å²) in [6.07, 6.45) is 3.41. The molecule has 2 rings (SSSR count). The third-order valence-electron chi connectivity index (χ3n) is 3.12. The third kappa shape index (κ3) is 3.56. The molecular weight excluding hydrogens is 314 g/mol.